The van der Waals surface area contributed by atoms with Crippen LogP contribution in [-0.2, 0) is 0 Å². The number of pyridine rings is 2. The molecule has 1 aliphatic carbocycles. The minimum atomic E-state index is -0.205. The van der Waals surface area contributed by atoms with E-state index < -0.39 is 0 Å². The van der Waals surface area contributed by atoms with E-state index in [4.69, 9.17) is 4.98 Å². The zero-order valence-electron chi connectivity index (χ0n) is 14.5. The Bertz CT molecular complexity index is 945. The lowest BCUT2D eigenvalue weighted by atomic mass is 9.98. The van der Waals surface area contributed by atoms with Gasteiger partial charge in [0.15, 0.2) is 5.69 Å². The number of rotatable bonds is 4. The van der Waals surface area contributed by atoms with E-state index in [9.17, 15) is 4.79 Å². The predicted molar refractivity (Wildman–Crippen MR) is 99.7 cm³/mol. The summed E-state index contributed by atoms with van der Waals surface area (Å²) in [6.45, 7) is 6.19. The normalized spacial score (nSPS) is 14.7. The lowest BCUT2D eigenvalue weighted by molar-refractivity contribution is 0.0901. The Labute approximate surface area is 150 Å². The Balaban J connectivity index is 1.75. The lowest BCUT2D eigenvalue weighted by Crippen LogP contribution is -2.45. The van der Waals surface area contributed by atoms with Crippen LogP contribution in [-0.4, -0.2) is 25.8 Å². The average molecular weight is 352 g/mol. The first kappa shape index (κ1) is 16.1. The Kier molecular flexibility index (Phi) is 3.80. The van der Waals surface area contributed by atoms with Crippen molar-refractivity contribution in [2.24, 2.45) is 5.92 Å². The third kappa shape index (κ3) is 3.02. The first-order valence-electron chi connectivity index (χ1n) is 8.45. The molecule has 1 fully saturated rings. The van der Waals surface area contributed by atoms with Gasteiger partial charge in [-0.05, 0) is 74.8 Å². The van der Waals surface area contributed by atoms with E-state index in [1.807, 2.05) is 25.1 Å². The van der Waals surface area contributed by atoms with Crippen LogP contribution < -0.4 is 5.32 Å². The topological polar surface area (TPSA) is 67.8 Å². The van der Waals surface area contributed by atoms with Gasteiger partial charge >= 0.3 is 0 Å². The number of hydrogen-bond donors (Lipinski definition) is 1. The molecule has 3 heterocycles. The number of carbonyl (C=O) groups excluding carboxylic acids is 1. The van der Waals surface area contributed by atoms with E-state index in [1.165, 1.54) is 24.4 Å². The largest absolute Gasteiger partial charge is 0.345 e. The SMILES string of the molecule is Cc1cc(-c2cccnc2)nc2c(C(=O)NC(C)(C)C3CC3)nsc12. The van der Waals surface area contributed by atoms with Gasteiger partial charge in [0.1, 0.15) is 5.52 Å². The molecule has 0 saturated heterocycles. The van der Waals surface area contributed by atoms with Gasteiger partial charge < -0.3 is 5.32 Å². The van der Waals surface area contributed by atoms with Crippen LogP contribution in [0.3, 0.4) is 0 Å². The molecule has 6 heteroatoms. The number of aromatic nitrogens is 3. The number of nitrogens with one attached hydrogen (secondary N) is 1. The molecule has 0 aromatic carbocycles. The summed E-state index contributed by atoms with van der Waals surface area (Å²) < 4.78 is 5.37. The van der Waals surface area contributed by atoms with Crippen LogP contribution in [0.2, 0.25) is 0 Å². The molecule has 128 valence electrons. The fraction of sp³-hybridized carbons (Fsp3) is 0.368. The number of amides is 1. The monoisotopic (exact) mass is 352 g/mol. The van der Waals surface area contributed by atoms with Gasteiger partial charge in [-0.25, -0.2) is 4.98 Å². The molecule has 0 atom stereocenters. The van der Waals surface area contributed by atoms with Crippen molar-refractivity contribution in [3.63, 3.8) is 0 Å². The van der Waals surface area contributed by atoms with Gasteiger partial charge in [-0.2, -0.15) is 4.37 Å². The van der Waals surface area contributed by atoms with E-state index in [-0.39, 0.29) is 11.4 Å². The summed E-state index contributed by atoms with van der Waals surface area (Å²) in [6.07, 6.45) is 5.87. The molecule has 0 spiro atoms. The van der Waals surface area contributed by atoms with Gasteiger partial charge in [-0.15, -0.1) is 0 Å². The lowest BCUT2D eigenvalue weighted by Gasteiger charge is -2.25. The Morgan fingerprint density at radius 3 is 2.84 bits per heavy atom. The summed E-state index contributed by atoms with van der Waals surface area (Å²) >= 11 is 1.33. The maximum Gasteiger partial charge on any atom is 0.273 e. The number of nitrogens with zero attached hydrogens (tertiary/aromatic N) is 3. The van der Waals surface area contributed by atoms with Gasteiger partial charge in [-0.3, -0.25) is 9.78 Å². The summed E-state index contributed by atoms with van der Waals surface area (Å²) in [7, 11) is 0. The first-order chi connectivity index (χ1) is 12.0. The van der Waals surface area contributed by atoms with Crippen molar-refractivity contribution < 1.29 is 4.79 Å². The highest BCUT2D eigenvalue weighted by Crippen LogP contribution is 2.39. The molecule has 1 N–H and O–H groups in total. The van der Waals surface area contributed by atoms with Crippen molar-refractivity contribution in [1.29, 1.82) is 0 Å². The number of carbonyl (C=O) groups is 1. The smallest absolute Gasteiger partial charge is 0.273 e. The molecule has 1 aliphatic rings. The molecule has 0 unspecified atom stereocenters. The molecule has 25 heavy (non-hydrogen) atoms. The molecule has 1 saturated carbocycles. The fourth-order valence-corrected chi connectivity index (χ4v) is 3.92. The maximum atomic E-state index is 12.8. The number of hydrogen-bond acceptors (Lipinski definition) is 5. The van der Waals surface area contributed by atoms with Gasteiger partial charge in [0.25, 0.3) is 5.91 Å². The Hall–Kier alpha value is -2.34. The molecule has 0 radical (unpaired) electrons. The predicted octanol–water partition coefficient (Wildman–Crippen LogP) is 3.98. The second kappa shape index (κ2) is 5.88. The summed E-state index contributed by atoms with van der Waals surface area (Å²) in [5.74, 6) is 0.417. The molecule has 0 bridgehead atoms. The third-order valence-corrected chi connectivity index (χ3v) is 5.79. The highest BCUT2D eigenvalue weighted by molar-refractivity contribution is 7.13. The molecule has 0 aliphatic heterocycles. The second-order valence-corrected chi connectivity index (χ2v) is 8.00. The molecular weight excluding hydrogens is 332 g/mol. The van der Waals surface area contributed by atoms with Crippen molar-refractivity contribution in [2.45, 2.75) is 39.2 Å². The zero-order chi connectivity index (χ0) is 17.6. The number of fused-ring (bicyclic) bond motifs is 1. The molecule has 1 amide bonds. The van der Waals surface area contributed by atoms with Crippen molar-refractivity contribution in [2.75, 3.05) is 0 Å². The van der Waals surface area contributed by atoms with Crippen LogP contribution in [0.5, 0.6) is 0 Å². The quantitative estimate of drug-likeness (QED) is 0.771. The van der Waals surface area contributed by atoms with E-state index in [0.717, 1.165) is 21.5 Å². The average Bonchev–Trinajstić information content (AvgIpc) is 3.36. The van der Waals surface area contributed by atoms with Gasteiger partial charge in [0.2, 0.25) is 0 Å². The minimum Gasteiger partial charge on any atom is -0.345 e. The highest BCUT2D eigenvalue weighted by Gasteiger charge is 2.39. The molecule has 3 aromatic rings. The van der Waals surface area contributed by atoms with Crippen molar-refractivity contribution >= 4 is 27.7 Å². The maximum absolute atomic E-state index is 12.8. The van der Waals surface area contributed by atoms with E-state index in [0.29, 0.717) is 17.1 Å². The van der Waals surface area contributed by atoms with Gasteiger partial charge in [0, 0.05) is 23.5 Å². The summed E-state index contributed by atoms with van der Waals surface area (Å²) in [6, 6.07) is 5.87. The molecule has 4 rings (SSSR count). The van der Waals surface area contributed by atoms with Gasteiger partial charge in [-0.1, -0.05) is 0 Å². The third-order valence-electron chi connectivity index (χ3n) is 4.82. The molecular formula is C19H20N4OS. The van der Waals surface area contributed by atoms with Crippen LogP contribution >= 0.6 is 11.5 Å². The minimum absolute atomic E-state index is 0.140. The Morgan fingerprint density at radius 1 is 1.36 bits per heavy atom. The molecule has 5 nitrogen and oxygen atoms in total. The highest BCUT2D eigenvalue weighted by atomic mass is 32.1. The van der Waals surface area contributed by atoms with Gasteiger partial charge in [0.05, 0.1) is 10.4 Å². The first-order valence-corrected chi connectivity index (χ1v) is 9.23. The van der Waals surface area contributed by atoms with Crippen molar-refractivity contribution in [1.82, 2.24) is 19.7 Å². The van der Waals surface area contributed by atoms with E-state index >= 15 is 0 Å². The standard InChI is InChI=1S/C19H20N4OS/c1-11-9-14(12-5-4-8-20-10-12)21-15-16(23-25-17(11)15)18(24)22-19(2,3)13-6-7-13/h4-5,8-10,13H,6-7H2,1-3H3,(H,22,24). The summed E-state index contributed by atoms with van der Waals surface area (Å²) in [5, 5.41) is 3.14. The second-order valence-electron chi connectivity index (χ2n) is 7.23. The summed E-state index contributed by atoms with van der Waals surface area (Å²) in [4.78, 5) is 21.7. The Morgan fingerprint density at radius 2 is 2.16 bits per heavy atom. The van der Waals surface area contributed by atoms with Crippen LogP contribution in [0.1, 0.15) is 42.7 Å². The van der Waals surface area contributed by atoms with Crippen LogP contribution in [0.4, 0.5) is 0 Å². The fourth-order valence-electron chi connectivity index (χ4n) is 3.14. The van der Waals surface area contributed by atoms with Crippen LogP contribution in [0, 0.1) is 12.8 Å². The van der Waals surface area contributed by atoms with Crippen LogP contribution in [0.15, 0.2) is 30.6 Å². The van der Waals surface area contributed by atoms with Crippen molar-refractivity contribution in [3.05, 3.63) is 41.9 Å². The molecule has 3 aromatic heterocycles. The van der Waals surface area contributed by atoms with Crippen molar-refractivity contribution in [3.8, 4) is 11.3 Å². The number of aryl methyl sites for hydroxylation is 1. The zero-order valence-corrected chi connectivity index (χ0v) is 15.4. The van der Waals surface area contributed by atoms with E-state index in [1.54, 1.807) is 12.4 Å². The van der Waals surface area contributed by atoms with E-state index in [2.05, 4.69) is 28.5 Å². The van der Waals surface area contributed by atoms with Crippen LogP contribution in [0.25, 0.3) is 21.5 Å². The summed E-state index contributed by atoms with van der Waals surface area (Å²) in [5.41, 5.74) is 3.71.